The zero-order chi connectivity index (χ0) is 17.6. The number of rotatable bonds is 7. The summed E-state index contributed by atoms with van der Waals surface area (Å²) in [6, 6.07) is 3.73. The highest BCUT2D eigenvalue weighted by molar-refractivity contribution is 5.84. The van der Waals surface area contributed by atoms with Crippen molar-refractivity contribution in [2.45, 2.75) is 38.4 Å². The van der Waals surface area contributed by atoms with E-state index in [1.807, 2.05) is 5.32 Å². The predicted octanol–water partition coefficient (Wildman–Crippen LogP) is 2.92. The van der Waals surface area contributed by atoms with Gasteiger partial charge in [-0.05, 0) is 30.5 Å². The molecule has 0 spiro atoms. The first-order valence-corrected chi connectivity index (χ1v) is 6.93. The Morgan fingerprint density at radius 1 is 1.30 bits per heavy atom. The van der Waals surface area contributed by atoms with Crippen molar-refractivity contribution in [3.8, 4) is 0 Å². The van der Waals surface area contributed by atoms with E-state index in [1.165, 1.54) is 25.1 Å². The number of halogens is 4. The number of nitrogens with one attached hydrogen (secondary N) is 1. The summed E-state index contributed by atoms with van der Waals surface area (Å²) in [6.07, 6.45) is -5.72. The molecule has 1 aromatic carbocycles. The van der Waals surface area contributed by atoms with E-state index in [9.17, 15) is 27.2 Å². The molecule has 0 radical (unpaired) electrons. The fourth-order valence-electron chi connectivity index (χ4n) is 1.95. The van der Waals surface area contributed by atoms with Crippen molar-refractivity contribution in [3.63, 3.8) is 0 Å². The quantitative estimate of drug-likeness (QED) is 0.753. The Balaban J connectivity index is 2.56. The van der Waals surface area contributed by atoms with Gasteiger partial charge in [0.05, 0.1) is 6.42 Å². The van der Waals surface area contributed by atoms with Gasteiger partial charge >= 0.3 is 12.1 Å². The van der Waals surface area contributed by atoms with Crippen LogP contribution in [0.4, 0.5) is 17.6 Å². The highest BCUT2D eigenvalue weighted by atomic mass is 19.4. The van der Waals surface area contributed by atoms with Crippen LogP contribution in [-0.2, 0) is 16.0 Å². The number of hydrogen-bond donors (Lipinski definition) is 2. The molecule has 1 rings (SSSR count). The second-order valence-electron chi connectivity index (χ2n) is 5.29. The molecule has 0 heterocycles. The van der Waals surface area contributed by atoms with Crippen molar-refractivity contribution in [1.82, 2.24) is 5.32 Å². The van der Waals surface area contributed by atoms with Gasteiger partial charge in [-0.2, -0.15) is 13.2 Å². The van der Waals surface area contributed by atoms with Crippen molar-refractivity contribution in [2.24, 2.45) is 5.92 Å². The summed E-state index contributed by atoms with van der Waals surface area (Å²) in [7, 11) is 0. The lowest BCUT2D eigenvalue weighted by Gasteiger charge is -2.19. The van der Waals surface area contributed by atoms with Crippen LogP contribution in [0.15, 0.2) is 24.3 Å². The van der Waals surface area contributed by atoms with Gasteiger partial charge in [-0.3, -0.25) is 4.79 Å². The minimum Gasteiger partial charge on any atom is -0.480 e. The van der Waals surface area contributed by atoms with Crippen LogP contribution in [-0.4, -0.2) is 29.2 Å². The van der Waals surface area contributed by atoms with Crippen LogP contribution in [0, 0.1) is 11.7 Å². The highest BCUT2D eigenvalue weighted by Gasteiger charge is 2.36. The van der Waals surface area contributed by atoms with Crippen LogP contribution in [0.3, 0.4) is 0 Å². The van der Waals surface area contributed by atoms with E-state index < -0.39 is 42.3 Å². The summed E-state index contributed by atoms with van der Waals surface area (Å²) in [6.45, 7) is 1.47. The van der Waals surface area contributed by atoms with Crippen LogP contribution in [0.25, 0.3) is 0 Å². The Morgan fingerprint density at radius 3 is 2.48 bits per heavy atom. The highest BCUT2D eigenvalue weighted by Crippen LogP contribution is 2.22. The molecule has 23 heavy (non-hydrogen) atoms. The number of carbonyl (C=O) groups excluding carboxylic acids is 1. The normalized spacial score (nSPS) is 14.1. The zero-order valence-electron chi connectivity index (χ0n) is 12.4. The summed E-state index contributed by atoms with van der Waals surface area (Å²) in [4.78, 5) is 22.6. The van der Waals surface area contributed by atoms with Gasteiger partial charge in [0.1, 0.15) is 11.9 Å². The van der Waals surface area contributed by atoms with Crippen LogP contribution < -0.4 is 5.32 Å². The molecule has 0 fully saturated rings. The van der Waals surface area contributed by atoms with Crippen LogP contribution in [0.2, 0.25) is 0 Å². The first-order valence-electron chi connectivity index (χ1n) is 6.93. The Hall–Kier alpha value is -2.12. The number of carbonyl (C=O) groups is 2. The first kappa shape index (κ1) is 18.9. The van der Waals surface area contributed by atoms with E-state index >= 15 is 0 Å². The lowest BCUT2D eigenvalue weighted by atomic mass is 9.99. The van der Waals surface area contributed by atoms with Crippen molar-refractivity contribution in [3.05, 3.63) is 35.6 Å². The second kappa shape index (κ2) is 7.94. The van der Waals surface area contributed by atoms with Crippen molar-refractivity contribution in [2.75, 3.05) is 0 Å². The molecule has 0 aliphatic carbocycles. The smallest absolute Gasteiger partial charge is 0.391 e. The average Bonchev–Trinajstić information content (AvgIpc) is 2.42. The maximum Gasteiger partial charge on any atom is 0.391 e. The minimum absolute atomic E-state index is 0.258. The molecule has 0 saturated carbocycles. The van der Waals surface area contributed by atoms with E-state index in [1.54, 1.807) is 6.07 Å². The fraction of sp³-hybridized carbons (Fsp3) is 0.467. The number of carboxylic acid groups (broad SMARTS) is 1. The minimum atomic E-state index is -4.69. The zero-order valence-corrected chi connectivity index (χ0v) is 12.4. The third kappa shape index (κ3) is 7.12. The van der Waals surface area contributed by atoms with Gasteiger partial charge in [-0.15, -0.1) is 0 Å². The lowest BCUT2D eigenvalue weighted by molar-refractivity contribution is -0.160. The van der Waals surface area contributed by atoms with Gasteiger partial charge < -0.3 is 10.4 Å². The molecule has 1 amide bonds. The SMILES string of the molecule is CC(CCc1cccc(F)c1)C(=O)NC(CC(F)(F)F)C(=O)O. The van der Waals surface area contributed by atoms with E-state index in [0.717, 1.165) is 0 Å². The summed E-state index contributed by atoms with van der Waals surface area (Å²) in [5.41, 5.74) is 0.648. The molecule has 2 unspecified atom stereocenters. The summed E-state index contributed by atoms with van der Waals surface area (Å²) in [5, 5.41) is 10.6. The van der Waals surface area contributed by atoms with Gasteiger partial charge in [0.2, 0.25) is 5.91 Å². The number of carboxylic acids is 1. The molecule has 0 bridgehead atoms. The number of benzene rings is 1. The Bertz CT molecular complexity index is 560. The third-order valence-electron chi connectivity index (χ3n) is 3.25. The monoisotopic (exact) mass is 335 g/mol. The standard InChI is InChI=1S/C15H17F4NO3/c1-9(5-6-10-3-2-4-11(16)7-10)13(21)20-12(14(22)23)8-15(17,18)19/h2-4,7,9,12H,5-6,8H2,1H3,(H,20,21)(H,22,23). The predicted molar refractivity (Wildman–Crippen MR) is 74.1 cm³/mol. The number of alkyl halides is 3. The molecule has 1 aromatic rings. The Labute approximate surface area is 130 Å². The number of aliphatic carboxylic acids is 1. The molecule has 0 aliphatic heterocycles. The first-order chi connectivity index (χ1) is 10.6. The third-order valence-corrected chi connectivity index (χ3v) is 3.25. The van der Waals surface area contributed by atoms with Crippen molar-refractivity contribution in [1.29, 1.82) is 0 Å². The number of aryl methyl sites for hydroxylation is 1. The molecule has 128 valence electrons. The van der Waals surface area contributed by atoms with E-state index in [0.29, 0.717) is 12.0 Å². The van der Waals surface area contributed by atoms with Crippen molar-refractivity contribution >= 4 is 11.9 Å². The molecule has 2 atom stereocenters. The Kier molecular flexibility index (Phi) is 6.53. The fourth-order valence-corrected chi connectivity index (χ4v) is 1.95. The van der Waals surface area contributed by atoms with Gasteiger partial charge in [-0.25, -0.2) is 9.18 Å². The molecular weight excluding hydrogens is 318 g/mol. The largest absolute Gasteiger partial charge is 0.480 e. The summed E-state index contributed by atoms with van der Waals surface area (Å²) < 4.78 is 49.8. The van der Waals surface area contributed by atoms with Gasteiger partial charge in [-0.1, -0.05) is 19.1 Å². The van der Waals surface area contributed by atoms with Crippen LogP contribution in [0.1, 0.15) is 25.3 Å². The van der Waals surface area contributed by atoms with E-state index in [-0.39, 0.29) is 6.42 Å². The maximum atomic E-state index is 13.0. The molecule has 0 aromatic heterocycles. The molecular formula is C15H17F4NO3. The molecule has 8 heteroatoms. The maximum absolute atomic E-state index is 13.0. The van der Waals surface area contributed by atoms with Gasteiger partial charge in [0.15, 0.2) is 0 Å². The van der Waals surface area contributed by atoms with Crippen LogP contribution >= 0.6 is 0 Å². The van der Waals surface area contributed by atoms with Gasteiger partial charge in [0, 0.05) is 5.92 Å². The van der Waals surface area contributed by atoms with Crippen molar-refractivity contribution < 1.29 is 32.3 Å². The van der Waals surface area contributed by atoms with Crippen LogP contribution in [0.5, 0.6) is 0 Å². The van der Waals surface area contributed by atoms with Gasteiger partial charge in [0.25, 0.3) is 0 Å². The second-order valence-corrected chi connectivity index (χ2v) is 5.29. The lowest BCUT2D eigenvalue weighted by Crippen LogP contribution is -2.45. The topological polar surface area (TPSA) is 66.4 Å². The number of amides is 1. The molecule has 0 aliphatic rings. The van der Waals surface area contributed by atoms with E-state index in [2.05, 4.69) is 0 Å². The van der Waals surface area contributed by atoms with E-state index in [4.69, 9.17) is 5.11 Å². The summed E-state index contributed by atoms with van der Waals surface area (Å²) >= 11 is 0. The molecule has 2 N–H and O–H groups in total. The Morgan fingerprint density at radius 2 is 1.96 bits per heavy atom. The summed E-state index contributed by atoms with van der Waals surface area (Å²) in [5.74, 6) is -3.64. The molecule has 0 saturated heterocycles. The number of hydrogen-bond acceptors (Lipinski definition) is 2. The average molecular weight is 335 g/mol. The molecule has 4 nitrogen and oxygen atoms in total.